The van der Waals surface area contributed by atoms with Crippen LogP contribution in [0.15, 0.2) is 292 Å². The van der Waals surface area contributed by atoms with Crippen LogP contribution in [0.5, 0.6) is 0 Å². The van der Waals surface area contributed by atoms with Crippen molar-refractivity contribution < 1.29 is 29.4 Å². The van der Waals surface area contributed by atoms with Crippen molar-refractivity contribution in [2.24, 2.45) is 0 Å². The SMILES string of the molecule is CC(=O)Nc1cccnc1C.CC(=O)n1ncc2ncccc21.O=C(O)c1cc2c(-c3ccc4ccccc4c3)n[nH]c2cn1.O=C(O)c1cnc2n[nH]c(-c3ccc4ccccc4c3)c2c1.[C-]#[N+]c1cc2c(-c3ccc4ccccc4c3)nn(Cc3ccccc3)c2cn1.[C-]#[N+]c1cnc2n[nH]c(-c3ccc4ccccc4c3)c2c1. The predicted molar refractivity (Wildman–Crippen MR) is 450 cm³/mol. The molecule has 11 heterocycles. The van der Waals surface area contributed by atoms with Crippen LogP contribution in [0.25, 0.3) is 153 Å². The van der Waals surface area contributed by atoms with E-state index in [1.807, 2.05) is 157 Å². The third-order valence-corrected chi connectivity index (χ3v) is 18.8. The molecule has 6 N–H and O–H groups in total. The largest absolute Gasteiger partial charge is 0.478 e. The van der Waals surface area contributed by atoms with Crippen molar-refractivity contribution in [3.8, 4) is 45.0 Å². The highest BCUT2D eigenvalue weighted by Crippen LogP contribution is 2.36. The van der Waals surface area contributed by atoms with E-state index in [2.05, 4.69) is 159 Å². The maximum absolute atomic E-state index is 11.1. The van der Waals surface area contributed by atoms with E-state index >= 15 is 0 Å². The summed E-state index contributed by atoms with van der Waals surface area (Å²) < 4.78 is 3.30. The molecular weight excluding hydrogens is 1460 g/mol. The molecule has 0 saturated carbocycles. The monoisotopic (exact) mass is 1520 g/mol. The number of benzene rings is 9. The number of anilines is 1. The Bertz CT molecular complexity index is 7050. The van der Waals surface area contributed by atoms with Crippen LogP contribution in [0.3, 0.4) is 0 Å². The van der Waals surface area contributed by atoms with Crippen molar-refractivity contribution in [1.82, 2.24) is 80.1 Å². The summed E-state index contributed by atoms with van der Waals surface area (Å²) >= 11 is 0. The molecule has 9 aromatic carbocycles. The number of hydrogen-bond acceptors (Lipinski definition) is 15. The molecule has 11 aromatic heterocycles. The van der Waals surface area contributed by atoms with Crippen LogP contribution < -0.4 is 5.32 Å². The van der Waals surface area contributed by atoms with Crippen LogP contribution in [-0.4, -0.2) is 114 Å². The molecule has 560 valence electrons. The Morgan fingerprint density at radius 1 is 0.448 bits per heavy atom. The van der Waals surface area contributed by atoms with Gasteiger partial charge in [0.1, 0.15) is 28.6 Å². The molecule has 0 radical (unpaired) electrons. The van der Waals surface area contributed by atoms with Gasteiger partial charge in [-0.2, -0.15) is 30.2 Å². The molecule has 1 amide bonds. The number of nitrogens with one attached hydrogen (secondary N) is 4. The summed E-state index contributed by atoms with van der Waals surface area (Å²) in [6.07, 6.45) is 11.1. The quantitative estimate of drug-likeness (QED) is 0.0731. The number of hydrogen-bond donors (Lipinski definition) is 6. The Morgan fingerprint density at radius 3 is 1.55 bits per heavy atom. The predicted octanol–water partition coefficient (Wildman–Crippen LogP) is 19.6. The Kier molecular flexibility index (Phi) is 21.7. The third kappa shape index (κ3) is 16.6. The minimum Gasteiger partial charge on any atom is -0.478 e. The summed E-state index contributed by atoms with van der Waals surface area (Å²) in [6.45, 7) is 19.9. The van der Waals surface area contributed by atoms with Gasteiger partial charge < -0.3 is 20.4 Å². The molecule has 0 aliphatic heterocycles. The van der Waals surface area contributed by atoms with Gasteiger partial charge >= 0.3 is 11.9 Å². The maximum Gasteiger partial charge on any atom is 0.354 e. The van der Waals surface area contributed by atoms with Crippen molar-refractivity contribution in [1.29, 1.82) is 0 Å². The average Bonchev–Trinajstić information content (AvgIpc) is 1.57. The molecule has 0 saturated heterocycles. The first-order valence-electron chi connectivity index (χ1n) is 36.2. The van der Waals surface area contributed by atoms with E-state index in [0.29, 0.717) is 40.2 Å². The number of carbonyl (C=O) groups is 4. The van der Waals surface area contributed by atoms with Crippen LogP contribution in [0.4, 0.5) is 17.2 Å². The maximum atomic E-state index is 11.1. The Balaban J connectivity index is 0.000000112. The molecule has 20 rings (SSSR count). The van der Waals surface area contributed by atoms with Crippen molar-refractivity contribution in [2.75, 3.05) is 5.32 Å². The molecule has 20 aromatic rings. The summed E-state index contributed by atoms with van der Waals surface area (Å²) in [6, 6.07) is 81.7. The third-order valence-electron chi connectivity index (χ3n) is 18.8. The highest BCUT2D eigenvalue weighted by Gasteiger charge is 2.19. The normalized spacial score (nSPS) is 10.8. The number of aromatic nitrogens is 16. The smallest absolute Gasteiger partial charge is 0.354 e. The Hall–Kier alpha value is -16.7. The Morgan fingerprint density at radius 2 is 0.991 bits per heavy atom. The second kappa shape index (κ2) is 33.7. The number of fused-ring (bicyclic) bond motifs is 9. The van der Waals surface area contributed by atoms with Gasteiger partial charge in [-0.15, -0.1) is 4.98 Å². The lowest BCUT2D eigenvalue weighted by Gasteiger charge is -2.03. The van der Waals surface area contributed by atoms with E-state index in [1.54, 1.807) is 55.2 Å². The van der Waals surface area contributed by atoms with Crippen molar-refractivity contribution in [2.45, 2.75) is 27.3 Å². The molecule has 0 bridgehead atoms. The molecule has 0 fully saturated rings. The van der Waals surface area contributed by atoms with Gasteiger partial charge in [0.15, 0.2) is 11.3 Å². The van der Waals surface area contributed by atoms with E-state index in [0.717, 1.165) is 111 Å². The highest BCUT2D eigenvalue weighted by molar-refractivity contribution is 6.03. The molecule has 0 spiro atoms. The lowest BCUT2D eigenvalue weighted by molar-refractivity contribution is -0.114. The zero-order valence-corrected chi connectivity index (χ0v) is 62.2. The van der Waals surface area contributed by atoms with Crippen LogP contribution >= 0.6 is 0 Å². The number of amides is 1. The zero-order chi connectivity index (χ0) is 80.2. The van der Waals surface area contributed by atoms with E-state index in [9.17, 15) is 19.2 Å². The summed E-state index contributed by atoms with van der Waals surface area (Å²) in [4.78, 5) is 75.3. The summed E-state index contributed by atoms with van der Waals surface area (Å²) in [5, 5.41) is 63.8. The first kappa shape index (κ1) is 74.8. The number of pyridine rings is 6. The second-order valence-electron chi connectivity index (χ2n) is 26.5. The molecule has 116 heavy (non-hydrogen) atoms. The zero-order valence-electron chi connectivity index (χ0n) is 62.2. The molecule has 25 heteroatoms. The number of H-pyrrole nitrogens is 3. The van der Waals surface area contributed by atoms with Gasteiger partial charge in [-0.05, 0) is 128 Å². The number of rotatable bonds is 9. The van der Waals surface area contributed by atoms with Gasteiger partial charge in [-0.3, -0.25) is 39.5 Å². The molecular formula is C91H65N19O6. The van der Waals surface area contributed by atoms with Crippen molar-refractivity contribution in [3.05, 3.63) is 337 Å². The number of carboxylic acids is 2. The summed E-state index contributed by atoms with van der Waals surface area (Å²) in [5.41, 5.74) is 15.0. The van der Waals surface area contributed by atoms with Gasteiger partial charge in [-0.1, -0.05) is 182 Å². The first-order valence-corrected chi connectivity index (χ1v) is 36.2. The second-order valence-corrected chi connectivity index (χ2v) is 26.5. The summed E-state index contributed by atoms with van der Waals surface area (Å²) in [5.74, 6) is -1.83. The number of nitrogens with zero attached hydrogens (tertiary/aromatic N) is 15. The van der Waals surface area contributed by atoms with E-state index in [1.165, 1.54) is 58.0 Å². The molecule has 0 aliphatic carbocycles. The van der Waals surface area contributed by atoms with E-state index in [4.69, 9.17) is 28.5 Å². The minimum absolute atomic E-state index is 0.0101. The lowest BCUT2D eigenvalue weighted by Crippen LogP contribution is -2.07. The van der Waals surface area contributed by atoms with Gasteiger partial charge in [0, 0.05) is 82.4 Å². The van der Waals surface area contributed by atoms with Gasteiger partial charge in [-0.25, -0.2) is 29.4 Å². The highest BCUT2D eigenvalue weighted by atomic mass is 16.4. The van der Waals surface area contributed by atoms with Gasteiger partial charge in [0.05, 0.1) is 70.6 Å². The minimum atomic E-state index is -1.05. The van der Waals surface area contributed by atoms with Crippen molar-refractivity contribution >= 4 is 139 Å². The first-order chi connectivity index (χ1) is 56.6. The number of aryl methyl sites for hydroxylation is 1. The molecule has 0 aliphatic rings. The molecule has 25 nitrogen and oxygen atoms in total. The standard InChI is InChI=1S/C24H16N4.C17H10N4.2C17H11N3O2.C8H7N3O.C8H10N2O/c1-25-23-14-21-22(15-26-23)28(16-17-7-3-2-4-8-17)27-24(21)20-12-11-18-9-5-6-10-19(18)13-20;1-18-14-9-15-16(20-21-17(15)19-10-14)13-7-6-11-4-2-3-5-12(11)8-13;21-17(22)14-8-13-15(9-18-14)19-20-16(13)12-6-5-10-3-1-2-4-11(10)7-12;21-17(22)13-8-14-15(19-20-16(14)18-9-13)12-6-5-10-3-1-2-4-11(10)7-12;1-6(12)11-8-3-2-4-9-7(8)5-10-11;1-6-8(10-7(2)11)4-3-5-9-6/h2-15H,16H2;2-10H,(H,19,20,21);1-9H,(H,19,20)(H,21,22);1-9H,(H,21,22)(H,18,19,20);2-5H,1H3;3-5H,1-2H3,(H,10,11). The van der Waals surface area contributed by atoms with Gasteiger partial charge in [0.2, 0.25) is 17.5 Å². The fourth-order valence-corrected chi connectivity index (χ4v) is 13.2. The van der Waals surface area contributed by atoms with Crippen LogP contribution in [0.2, 0.25) is 0 Å². The van der Waals surface area contributed by atoms with Crippen LogP contribution in [0, 0.1) is 20.1 Å². The number of carboxylic acid groups (broad SMARTS) is 2. The topological polar surface area (TPSA) is 329 Å². The molecule has 0 unspecified atom stereocenters. The summed E-state index contributed by atoms with van der Waals surface area (Å²) in [7, 11) is 0. The van der Waals surface area contributed by atoms with E-state index in [-0.39, 0.29) is 23.1 Å². The fourth-order valence-electron chi connectivity index (χ4n) is 13.2. The van der Waals surface area contributed by atoms with Crippen LogP contribution in [0.1, 0.15) is 50.7 Å². The number of aromatic amines is 3. The Labute approximate surface area is 660 Å². The molecule has 0 atom stereocenters. The lowest BCUT2D eigenvalue weighted by atomic mass is 10.0. The van der Waals surface area contributed by atoms with E-state index < -0.39 is 11.9 Å². The number of aromatic carboxylic acids is 2. The fraction of sp³-hybridized carbons (Fsp3) is 0.0440. The average molecular weight is 1520 g/mol. The van der Waals surface area contributed by atoms with Crippen molar-refractivity contribution in [3.63, 3.8) is 0 Å². The van der Waals surface area contributed by atoms with Gasteiger partial charge in [0.25, 0.3) is 5.82 Å². The van der Waals surface area contributed by atoms with Crippen LogP contribution in [-0.2, 0) is 11.3 Å². The number of carbonyl (C=O) groups excluding carboxylic acids is 2.